The highest BCUT2D eigenvalue weighted by Gasteiger charge is 2.36. The van der Waals surface area contributed by atoms with Crippen LogP contribution < -0.4 is 16.4 Å². The molecule has 8 nitrogen and oxygen atoms in total. The Morgan fingerprint density at radius 3 is 2.63 bits per heavy atom. The Bertz CT molecular complexity index is 1400. The summed E-state index contributed by atoms with van der Waals surface area (Å²) in [5, 5.41) is 14.2. The molecular weight excluding hydrogens is 549 g/mol. The highest BCUT2D eigenvalue weighted by molar-refractivity contribution is 7.28. The van der Waals surface area contributed by atoms with E-state index in [1.54, 1.807) is 25.6 Å². The van der Waals surface area contributed by atoms with E-state index in [2.05, 4.69) is 31.4 Å². The van der Waals surface area contributed by atoms with Crippen LogP contribution in [0, 0.1) is 17.6 Å². The van der Waals surface area contributed by atoms with Gasteiger partial charge >= 0.3 is 0 Å². The summed E-state index contributed by atoms with van der Waals surface area (Å²) in [6.07, 6.45) is 5.36. The van der Waals surface area contributed by atoms with E-state index < -0.39 is 23.1 Å². The molecule has 218 valence electrons. The SMILES string of the molecule is CO[C@H]1[C@H](N)C[C@H](c2ccncc2NC(=O)c2ccc(F)c(-c3c(F)cc(C4(O)CCOCC4)cc3P)n2)C[C@@H]1C. The number of nitrogens with two attached hydrogens (primary N) is 1. The van der Waals surface area contributed by atoms with Gasteiger partial charge in [0.1, 0.15) is 23.0 Å². The highest BCUT2D eigenvalue weighted by atomic mass is 31.0. The summed E-state index contributed by atoms with van der Waals surface area (Å²) in [7, 11) is 4.05. The molecule has 2 aliphatic rings. The van der Waals surface area contributed by atoms with Crippen LogP contribution in [0.2, 0.25) is 0 Å². The topological polar surface area (TPSA) is 120 Å². The smallest absolute Gasteiger partial charge is 0.274 e. The summed E-state index contributed by atoms with van der Waals surface area (Å²) < 4.78 is 41.4. The van der Waals surface area contributed by atoms with Crippen LogP contribution in [-0.4, -0.2) is 53.5 Å². The van der Waals surface area contributed by atoms with Crippen molar-refractivity contribution in [2.75, 3.05) is 25.6 Å². The lowest BCUT2D eigenvalue weighted by atomic mass is 9.74. The van der Waals surface area contributed by atoms with Gasteiger partial charge in [0.05, 0.1) is 23.6 Å². The van der Waals surface area contributed by atoms with Gasteiger partial charge in [-0.05, 0) is 71.4 Å². The van der Waals surface area contributed by atoms with Crippen LogP contribution >= 0.6 is 9.24 Å². The number of pyridine rings is 2. The first-order valence-electron chi connectivity index (χ1n) is 13.7. The number of nitrogens with zero attached hydrogens (tertiary/aromatic N) is 2. The minimum absolute atomic E-state index is 0.0383. The molecule has 0 radical (unpaired) electrons. The number of rotatable bonds is 6. The second-order valence-corrected chi connectivity index (χ2v) is 11.6. The summed E-state index contributed by atoms with van der Waals surface area (Å²) in [6.45, 7) is 2.82. The van der Waals surface area contributed by atoms with Gasteiger partial charge in [0, 0.05) is 51.0 Å². The normalized spacial score (nSPS) is 24.2. The molecule has 11 heteroatoms. The molecule has 0 bridgehead atoms. The number of methoxy groups -OCH3 is 1. The number of amides is 1. The van der Waals surface area contributed by atoms with Gasteiger partial charge in [0.25, 0.3) is 5.91 Å². The Morgan fingerprint density at radius 2 is 1.95 bits per heavy atom. The largest absolute Gasteiger partial charge is 0.385 e. The van der Waals surface area contributed by atoms with E-state index in [0.29, 0.717) is 49.0 Å². The zero-order valence-electron chi connectivity index (χ0n) is 23.1. The summed E-state index contributed by atoms with van der Waals surface area (Å²) in [5.74, 6) is -1.80. The second-order valence-electron chi connectivity index (χ2n) is 11.0. The maximum atomic E-state index is 15.5. The highest BCUT2D eigenvalue weighted by Crippen LogP contribution is 2.40. The summed E-state index contributed by atoms with van der Waals surface area (Å²) in [4.78, 5) is 21.7. The number of anilines is 1. The molecule has 5 atom stereocenters. The zero-order valence-corrected chi connectivity index (χ0v) is 24.2. The number of nitrogens with one attached hydrogen (secondary N) is 1. The molecule has 1 aliphatic heterocycles. The van der Waals surface area contributed by atoms with Gasteiger partial charge < -0.3 is 25.6 Å². The van der Waals surface area contributed by atoms with Gasteiger partial charge in [-0.2, -0.15) is 0 Å². The number of carbonyl (C=O) groups excluding carboxylic acids is 1. The molecule has 2 aromatic heterocycles. The Hall–Kier alpha value is -2.88. The number of carbonyl (C=O) groups is 1. The third-order valence-corrected chi connectivity index (χ3v) is 8.76. The molecule has 3 aromatic rings. The minimum atomic E-state index is -1.23. The molecule has 41 heavy (non-hydrogen) atoms. The fourth-order valence-electron chi connectivity index (χ4n) is 6.16. The van der Waals surface area contributed by atoms with Crippen molar-refractivity contribution in [3.8, 4) is 11.3 Å². The van der Waals surface area contributed by atoms with Crippen molar-refractivity contribution in [3.05, 3.63) is 71.2 Å². The molecule has 1 aliphatic carbocycles. The Balaban J connectivity index is 1.41. The molecular formula is C30H35F2N4O4P. The lowest BCUT2D eigenvalue weighted by molar-refractivity contribution is -0.0680. The molecule has 4 N–H and O–H groups in total. The van der Waals surface area contributed by atoms with E-state index in [1.807, 2.05) is 6.07 Å². The van der Waals surface area contributed by atoms with Crippen molar-refractivity contribution in [1.82, 2.24) is 9.97 Å². The quantitative estimate of drug-likeness (QED) is 0.375. The first-order chi connectivity index (χ1) is 19.6. The number of aliphatic hydroxyl groups is 1. The van der Waals surface area contributed by atoms with Gasteiger partial charge in [-0.25, -0.2) is 13.8 Å². The standard InChI is InChI=1S/C30H35F2N4O4P/c1-16-11-17(12-22(33)28(16)39-2)19-5-8-34-15-24(19)36-29(37)23-4-3-20(31)27(35-23)26-21(32)13-18(14-25(26)41)30(38)6-9-40-10-7-30/h3-5,8,13-17,22,28,38H,6-7,9-12,33,41H2,1-2H3,(H,36,37)/t16-,17+,22+,28+/m0/s1. The summed E-state index contributed by atoms with van der Waals surface area (Å²) in [6, 6.07) is 6.87. The van der Waals surface area contributed by atoms with Crippen LogP contribution in [0.1, 0.15) is 60.1 Å². The average molecular weight is 585 g/mol. The van der Waals surface area contributed by atoms with E-state index in [4.69, 9.17) is 15.2 Å². The van der Waals surface area contributed by atoms with E-state index in [-0.39, 0.29) is 40.9 Å². The van der Waals surface area contributed by atoms with Crippen molar-refractivity contribution in [2.45, 2.75) is 56.3 Å². The number of hydrogen-bond acceptors (Lipinski definition) is 7. The van der Waals surface area contributed by atoms with Crippen molar-refractivity contribution in [1.29, 1.82) is 0 Å². The number of aromatic nitrogens is 2. The van der Waals surface area contributed by atoms with Crippen molar-refractivity contribution in [3.63, 3.8) is 0 Å². The third-order valence-electron chi connectivity index (χ3n) is 8.30. The van der Waals surface area contributed by atoms with E-state index in [0.717, 1.165) is 18.1 Å². The molecule has 2 fully saturated rings. The van der Waals surface area contributed by atoms with Crippen molar-refractivity contribution < 1.29 is 28.2 Å². The van der Waals surface area contributed by atoms with Crippen LogP contribution in [0.3, 0.4) is 0 Å². The van der Waals surface area contributed by atoms with Gasteiger partial charge in [-0.1, -0.05) is 6.92 Å². The van der Waals surface area contributed by atoms with Gasteiger partial charge in [0.2, 0.25) is 0 Å². The molecule has 1 saturated carbocycles. The van der Waals surface area contributed by atoms with Crippen LogP contribution in [-0.2, 0) is 15.1 Å². The predicted molar refractivity (Wildman–Crippen MR) is 155 cm³/mol. The Labute approximate surface area is 240 Å². The Kier molecular flexibility index (Phi) is 8.78. The Morgan fingerprint density at radius 1 is 1.20 bits per heavy atom. The first-order valence-corrected chi connectivity index (χ1v) is 14.3. The zero-order chi connectivity index (χ0) is 29.3. The van der Waals surface area contributed by atoms with Crippen LogP contribution in [0.4, 0.5) is 14.5 Å². The first kappa shape index (κ1) is 29.6. The van der Waals surface area contributed by atoms with E-state index in [9.17, 15) is 9.90 Å². The minimum Gasteiger partial charge on any atom is -0.385 e. The predicted octanol–water partition coefficient (Wildman–Crippen LogP) is 4.03. The van der Waals surface area contributed by atoms with Crippen LogP contribution in [0.15, 0.2) is 42.7 Å². The second kappa shape index (κ2) is 12.2. The molecule has 1 aromatic carbocycles. The molecule has 0 spiro atoms. The fraction of sp³-hybridized carbons (Fsp3) is 0.433. The van der Waals surface area contributed by atoms with Crippen LogP contribution in [0.25, 0.3) is 11.3 Å². The van der Waals surface area contributed by atoms with Crippen molar-refractivity contribution >= 4 is 26.1 Å². The lowest BCUT2D eigenvalue weighted by Gasteiger charge is -2.38. The maximum absolute atomic E-state index is 15.5. The third kappa shape index (κ3) is 6.03. The summed E-state index contributed by atoms with van der Waals surface area (Å²) >= 11 is 0. The average Bonchev–Trinajstić information content (AvgIpc) is 2.94. The van der Waals surface area contributed by atoms with Crippen LogP contribution in [0.5, 0.6) is 0 Å². The van der Waals surface area contributed by atoms with Gasteiger partial charge in [-0.15, -0.1) is 9.24 Å². The molecule has 3 heterocycles. The monoisotopic (exact) mass is 584 g/mol. The number of halogens is 2. The molecule has 1 amide bonds. The number of benzene rings is 1. The maximum Gasteiger partial charge on any atom is 0.274 e. The van der Waals surface area contributed by atoms with Gasteiger partial charge in [0.15, 0.2) is 0 Å². The molecule has 5 rings (SSSR count). The van der Waals surface area contributed by atoms with Crippen molar-refractivity contribution in [2.24, 2.45) is 11.7 Å². The molecule has 1 unspecified atom stereocenters. The van der Waals surface area contributed by atoms with E-state index >= 15 is 8.78 Å². The number of ether oxygens (including phenoxy) is 2. The summed E-state index contributed by atoms with van der Waals surface area (Å²) in [5.41, 5.74) is 6.48. The molecule has 1 saturated heterocycles. The fourth-order valence-corrected chi connectivity index (χ4v) is 6.62. The lowest BCUT2D eigenvalue weighted by Crippen LogP contribution is -2.45. The number of hydrogen-bond donors (Lipinski definition) is 3. The van der Waals surface area contributed by atoms with E-state index in [1.165, 1.54) is 12.1 Å². The van der Waals surface area contributed by atoms with Gasteiger partial charge in [-0.3, -0.25) is 9.78 Å².